The van der Waals surface area contributed by atoms with Crippen LogP contribution in [-0.2, 0) is 20.2 Å². The molecule has 112 valence electrons. The molecule has 1 aromatic carbocycles. The highest BCUT2D eigenvalue weighted by molar-refractivity contribution is 7.89. The molecule has 0 unspecified atom stereocenters. The molecule has 1 fully saturated rings. The van der Waals surface area contributed by atoms with Gasteiger partial charge in [0.1, 0.15) is 0 Å². The summed E-state index contributed by atoms with van der Waals surface area (Å²) in [6.07, 6.45) is 7.39. The second kappa shape index (κ2) is 5.88. The fourth-order valence-electron chi connectivity index (χ4n) is 2.18. The van der Waals surface area contributed by atoms with Crippen molar-refractivity contribution in [2.75, 3.05) is 6.54 Å². The van der Waals surface area contributed by atoms with Gasteiger partial charge >= 0.3 is 5.97 Å². The predicted molar refractivity (Wildman–Crippen MR) is 78.2 cm³/mol. The molecular weight excluding hydrogens is 290 g/mol. The van der Waals surface area contributed by atoms with Gasteiger partial charge in [0, 0.05) is 13.0 Å². The molecule has 21 heavy (non-hydrogen) atoms. The van der Waals surface area contributed by atoms with Gasteiger partial charge in [0.25, 0.3) is 0 Å². The first kappa shape index (κ1) is 15.5. The number of rotatable bonds is 7. The predicted octanol–water partition coefficient (Wildman–Crippen LogP) is 1.49. The summed E-state index contributed by atoms with van der Waals surface area (Å²) < 4.78 is 26.5. The molecule has 0 atom stereocenters. The number of hydrogen-bond donors (Lipinski definition) is 2. The number of terminal acetylenes is 1. The number of benzene rings is 1. The van der Waals surface area contributed by atoms with Crippen molar-refractivity contribution in [2.45, 2.75) is 36.0 Å². The van der Waals surface area contributed by atoms with Crippen molar-refractivity contribution in [3.05, 3.63) is 29.8 Å². The molecule has 0 saturated heterocycles. The van der Waals surface area contributed by atoms with Crippen LogP contribution in [0.3, 0.4) is 0 Å². The quantitative estimate of drug-likeness (QED) is 0.590. The van der Waals surface area contributed by atoms with Gasteiger partial charge in [0.15, 0.2) is 0 Å². The molecular formula is C15H17NO4S. The molecule has 0 radical (unpaired) electrons. The Morgan fingerprint density at radius 3 is 2.43 bits per heavy atom. The maximum Gasteiger partial charge on any atom is 0.314 e. The minimum atomic E-state index is -3.57. The number of hydrogen-bond acceptors (Lipinski definition) is 3. The highest BCUT2D eigenvalue weighted by atomic mass is 32.2. The Balaban J connectivity index is 2.09. The van der Waals surface area contributed by atoms with Gasteiger partial charge in [-0.05, 0) is 37.0 Å². The zero-order valence-corrected chi connectivity index (χ0v) is 12.3. The molecule has 1 saturated carbocycles. The Morgan fingerprint density at radius 2 is 1.95 bits per heavy atom. The number of carboxylic acids is 1. The fourth-order valence-corrected chi connectivity index (χ4v) is 3.26. The Kier molecular flexibility index (Phi) is 4.35. The van der Waals surface area contributed by atoms with Crippen LogP contribution in [0.25, 0.3) is 0 Å². The average Bonchev–Trinajstić information content (AvgIpc) is 3.25. The fraction of sp³-hybridized carbons (Fsp3) is 0.400. The van der Waals surface area contributed by atoms with Crippen LogP contribution in [0.2, 0.25) is 0 Å². The van der Waals surface area contributed by atoms with Crippen LogP contribution in [0.1, 0.15) is 31.2 Å². The zero-order valence-electron chi connectivity index (χ0n) is 11.5. The zero-order chi connectivity index (χ0) is 15.5. The second-order valence-electron chi connectivity index (χ2n) is 5.12. The lowest BCUT2D eigenvalue weighted by atomic mass is 9.96. The summed E-state index contributed by atoms with van der Waals surface area (Å²) in [4.78, 5) is 11.4. The molecule has 0 heterocycles. The lowest BCUT2D eigenvalue weighted by molar-refractivity contribution is -0.140. The van der Waals surface area contributed by atoms with Crippen molar-refractivity contribution in [3.63, 3.8) is 0 Å². The van der Waals surface area contributed by atoms with Gasteiger partial charge < -0.3 is 5.11 Å². The molecule has 2 rings (SSSR count). The number of aliphatic carboxylic acids is 1. The minimum absolute atomic E-state index is 0.133. The molecule has 6 heteroatoms. The monoisotopic (exact) mass is 307 g/mol. The van der Waals surface area contributed by atoms with Gasteiger partial charge in [-0.25, -0.2) is 13.1 Å². The van der Waals surface area contributed by atoms with E-state index in [1.165, 1.54) is 12.1 Å². The Hall–Kier alpha value is -1.84. The summed E-state index contributed by atoms with van der Waals surface area (Å²) in [6.45, 7) is 0.285. The maximum atomic E-state index is 12.0. The van der Waals surface area contributed by atoms with Crippen molar-refractivity contribution >= 4 is 16.0 Å². The lowest BCUT2D eigenvalue weighted by Crippen LogP contribution is -2.25. The standard InChI is InChI=1S/C15H17NO4S/c1-2-3-4-11-16-21(19,20)13-7-5-12(6-8-13)15(9-10-15)14(17)18/h1,5-8,16H,3-4,9-11H2,(H,17,18). The van der Waals surface area contributed by atoms with Gasteiger partial charge in [0.05, 0.1) is 10.3 Å². The van der Waals surface area contributed by atoms with E-state index in [1.54, 1.807) is 12.1 Å². The number of sulfonamides is 1. The molecule has 5 nitrogen and oxygen atoms in total. The van der Waals surface area contributed by atoms with E-state index in [0.29, 0.717) is 31.2 Å². The first-order valence-corrected chi connectivity index (χ1v) is 8.18. The highest BCUT2D eigenvalue weighted by Gasteiger charge is 2.51. The second-order valence-corrected chi connectivity index (χ2v) is 6.88. The van der Waals surface area contributed by atoms with E-state index in [-0.39, 0.29) is 11.4 Å². The van der Waals surface area contributed by atoms with Gasteiger partial charge in [-0.1, -0.05) is 12.1 Å². The first-order valence-electron chi connectivity index (χ1n) is 6.69. The molecule has 0 amide bonds. The Bertz CT molecular complexity index is 667. The molecule has 1 aliphatic rings. The Morgan fingerprint density at radius 1 is 1.33 bits per heavy atom. The summed E-state index contributed by atoms with van der Waals surface area (Å²) in [6, 6.07) is 6.05. The molecule has 0 spiro atoms. The number of carboxylic acid groups (broad SMARTS) is 1. The van der Waals surface area contributed by atoms with E-state index in [9.17, 15) is 18.3 Å². The third kappa shape index (κ3) is 3.26. The molecule has 1 aromatic rings. The largest absolute Gasteiger partial charge is 0.481 e. The van der Waals surface area contributed by atoms with Gasteiger partial charge in [-0.15, -0.1) is 12.3 Å². The summed E-state index contributed by atoms with van der Waals surface area (Å²) in [7, 11) is -3.57. The van der Waals surface area contributed by atoms with Crippen molar-refractivity contribution in [3.8, 4) is 12.3 Å². The van der Waals surface area contributed by atoms with Crippen LogP contribution in [0.15, 0.2) is 29.2 Å². The van der Waals surface area contributed by atoms with Gasteiger partial charge in [-0.3, -0.25) is 4.79 Å². The first-order chi connectivity index (χ1) is 9.92. The maximum absolute atomic E-state index is 12.0. The third-order valence-electron chi connectivity index (χ3n) is 3.67. The van der Waals surface area contributed by atoms with E-state index in [0.717, 1.165) is 0 Å². The van der Waals surface area contributed by atoms with E-state index in [2.05, 4.69) is 10.6 Å². The third-order valence-corrected chi connectivity index (χ3v) is 5.14. The molecule has 1 aliphatic carbocycles. The van der Waals surface area contributed by atoms with Crippen molar-refractivity contribution in [2.24, 2.45) is 0 Å². The normalized spacial score (nSPS) is 16.1. The van der Waals surface area contributed by atoms with E-state index < -0.39 is 21.4 Å². The topological polar surface area (TPSA) is 83.5 Å². The summed E-state index contributed by atoms with van der Waals surface area (Å²) in [5.41, 5.74) is -0.163. The van der Waals surface area contributed by atoms with Crippen LogP contribution in [0, 0.1) is 12.3 Å². The minimum Gasteiger partial charge on any atom is -0.481 e. The highest BCUT2D eigenvalue weighted by Crippen LogP contribution is 2.48. The van der Waals surface area contributed by atoms with Gasteiger partial charge in [0.2, 0.25) is 10.0 Å². The summed E-state index contributed by atoms with van der Waals surface area (Å²) in [5.74, 6) is 1.59. The van der Waals surface area contributed by atoms with E-state index in [4.69, 9.17) is 6.42 Å². The molecule has 2 N–H and O–H groups in total. The lowest BCUT2D eigenvalue weighted by Gasteiger charge is -2.11. The van der Waals surface area contributed by atoms with Crippen molar-refractivity contribution in [1.29, 1.82) is 0 Å². The average molecular weight is 307 g/mol. The van der Waals surface area contributed by atoms with E-state index >= 15 is 0 Å². The van der Waals surface area contributed by atoms with Crippen molar-refractivity contribution in [1.82, 2.24) is 4.72 Å². The molecule has 0 aromatic heterocycles. The van der Waals surface area contributed by atoms with Crippen LogP contribution in [-0.4, -0.2) is 26.0 Å². The smallest absolute Gasteiger partial charge is 0.314 e. The van der Waals surface area contributed by atoms with Crippen LogP contribution in [0.4, 0.5) is 0 Å². The summed E-state index contributed by atoms with van der Waals surface area (Å²) in [5, 5.41) is 9.21. The van der Waals surface area contributed by atoms with Gasteiger partial charge in [-0.2, -0.15) is 0 Å². The van der Waals surface area contributed by atoms with Crippen LogP contribution >= 0.6 is 0 Å². The Labute approximate surface area is 124 Å². The number of unbranched alkanes of at least 4 members (excludes halogenated alkanes) is 1. The SMILES string of the molecule is C#CCCCNS(=O)(=O)c1ccc(C2(C(=O)O)CC2)cc1. The van der Waals surface area contributed by atoms with E-state index in [1.807, 2.05) is 0 Å². The number of nitrogens with one attached hydrogen (secondary N) is 1. The number of carbonyl (C=O) groups is 1. The summed E-state index contributed by atoms with van der Waals surface area (Å²) >= 11 is 0. The van der Waals surface area contributed by atoms with Crippen molar-refractivity contribution < 1.29 is 18.3 Å². The van der Waals surface area contributed by atoms with Crippen LogP contribution < -0.4 is 4.72 Å². The molecule has 0 bridgehead atoms. The van der Waals surface area contributed by atoms with Crippen LogP contribution in [0.5, 0.6) is 0 Å². The molecule has 0 aliphatic heterocycles.